The van der Waals surface area contributed by atoms with Gasteiger partial charge in [-0.2, -0.15) is 0 Å². The van der Waals surface area contributed by atoms with Crippen molar-refractivity contribution < 1.29 is 21.5 Å². The molecule has 0 fully saturated rings. The van der Waals surface area contributed by atoms with Crippen LogP contribution in [0.5, 0.6) is 0 Å². The Hall–Kier alpha value is 0.440. The molecule has 0 radical (unpaired) electrons. The van der Waals surface area contributed by atoms with Crippen molar-refractivity contribution in [1.29, 1.82) is 0 Å². The summed E-state index contributed by atoms with van der Waals surface area (Å²) in [5.41, 5.74) is 0. The topological polar surface area (TPSA) is 0 Å². The molecule has 0 aromatic rings. The van der Waals surface area contributed by atoms with Crippen molar-refractivity contribution >= 4 is 0 Å². The van der Waals surface area contributed by atoms with Crippen LogP contribution >= 0.6 is 0 Å². The summed E-state index contributed by atoms with van der Waals surface area (Å²) < 4.78 is 1.25. The van der Waals surface area contributed by atoms with Crippen LogP contribution in [-0.4, -0.2) is 31.7 Å². The minimum atomic E-state index is 0. The van der Waals surface area contributed by atoms with Crippen molar-refractivity contribution in [2.24, 2.45) is 0 Å². The van der Waals surface area contributed by atoms with E-state index in [0.717, 1.165) is 0 Å². The van der Waals surface area contributed by atoms with E-state index >= 15 is 0 Å². The average Bonchev–Trinajstić information content (AvgIpc) is 2.82. The van der Waals surface area contributed by atoms with Crippen molar-refractivity contribution in [1.82, 2.24) is 0 Å². The van der Waals surface area contributed by atoms with Crippen molar-refractivity contribution in [3.05, 3.63) is 0 Å². The average molecular weight is 561 g/mol. The molecule has 0 aliphatic carbocycles. The quantitative estimate of drug-likeness (QED) is 0.0634. The highest BCUT2D eigenvalue weighted by Crippen LogP contribution is 2.15. The Morgan fingerprint density at radius 2 is 0.457 bits per heavy atom. The number of halogens is 1. The van der Waals surface area contributed by atoms with Crippen LogP contribution in [0.15, 0.2) is 0 Å². The summed E-state index contributed by atoms with van der Waals surface area (Å²) in [6, 6.07) is 0. The minimum Gasteiger partial charge on any atom is -1.00 e. The molecule has 0 saturated heterocycles. The van der Waals surface area contributed by atoms with Crippen molar-refractivity contribution in [2.75, 3.05) is 27.2 Å². The Labute approximate surface area is 235 Å². The fourth-order valence-corrected chi connectivity index (χ4v) is 5.40. The van der Waals surface area contributed by atoms with Gasteiger partial charge in [-0.15, -0.1) is 0 Å². The Morgan fingerprint density at radius 1 is 0.286 bits per heavy atom. The lowest BCUT2D eigenvalue weighted by Crippen LogP contribution is -3.00. The standard InChI is InChI=1S/C33H70N.BrH/c1-5-7-9-11-13-15-17-19-20-21-23-25-27-29-31-33-34(3,4)32-30-28-26-24-22-18-16-14-12-10-8-6-2;/h5-33H2,1-4H3;1H/q+1;/p-1. The second-order valence-electron chi connectivity index (χ2n) is 12.2. The maximum absolute atomic E-state index is 2.46. The first kappa shape index (κ1) is 37.6. The lowest BCUT2D eigenvalue weighted by atomic mass is 10.0. The number of nitrogens with zero attached hydrogens (tertiary/aromatic N) is 1. The van der Waals surface area contributed by atoms with Gasteiger partial charge in [0.25, 0.3) is 0 Å². The zero-order chi connectivity index (χ0) is 25.0. The highest BCUT2D eigenvalue weighted by molar-refractivity contribution is 4.51. The molecule has 0 saturated carbocycles. The Kier molecular flexibility index (Phi) is 32.9. The van der Waals surface area contributed by atoms with Gasteiger partial charge in [0.05, 0.1) is 27.2 Å². The summed E-state index contributed by atoms with van der Waals surface area (Å²) in [5.74, 6) is 0. The van der Waals surface area contributed by atoms with E-state index in [1.165, 1.54) is 191 Å². The monoisotopic (exact) mass is 559 g/mol. The van der Waals surface area contributed by atoms with Crippen LogP contribution in [0, 0.1) is 0 Å². The van der Waals surface area contributed by atoms with E-state index in [1.807, 2.05) is 0 Å². The molecule has 214 valence electrons. The summed E-state index contributed by atoms with van der Waals surface area (Å²) in [4.78, 5) is 0. The SMILES string of the molecule is CCCCCCCCCCCCCCCCC[N+](C)(C)CCCCCCCCCCCCCC.[Br-]. The molecular weight excluding hydrogens is 490 g/mol. The van der Waals surface area contributed by atoms with E-state index in [4.69, 9.17) is 0 Å². The molecular formula is C33H70BrN. The molecule has 0 N–H and O–H groups in total. The van der Waals surface area contributed by atoms with Gasteiger partial charge < -0.3 is 21.5 Å². The van der Waals surface area contributed by atoms with Crippen LogP contribution in [0.1, 0.15) is 187 Å². The molecule has 0 amide bonds. The summed E-state index contributed by atoms with van der Waals surface area (Å²) in [6.45, 7) is 7.38. The first-order chi connectivity index (χ1) is 16.6. The molecule has 0 aliphatic rings. The van der Waals surface area contributed by atoms with Gasteiger partial charge in [0, 0.05) is 0 Å². The van der Waals surface area contributed by atoms with Gasteiger partial charge in [-0.05, 0) is 25.7 Å². The lowest BCUT2D eigenvalue weighted by molar-refractivity contribution is -0.890. The summed E-state index contributed by atoms with van der Waals surface area (Å²) in [7, 11) is 4.92. The van der Waals surface area contributed by atoms with E-state index in [9.17, 15) is 0 Å². The molecule has 0 spiro atoms. The van der Waals surface area contributed by atoms with Crippen LogP contribution in [-0.2, 0) is 0 Å². The van der Waals surface area contributed by atoms with E-state index in [2.05, 4.69) is 27.9 Å². The molecule has 2 heteroatoms. The Bertz CT molecular complexity index is 368. The van der Waals surface area contributed by atoms with E-state index in [0.29, 0.717) is 0 Å². The van der Waals surface area contributed by atoms with Crippen LogP contribution in [0.25, 0.3) is 0 Å². The summed E-state index contributed by atoms with van der Waals surface area (Å²) in [6.07, 6.45) is 39.4. The molecule has 1 nitrogen and oxygen atoms in total. The molecule has 0 unspecified atom stereocenters. The van der Waals surface area contributed by atoms with E-state index in [-0.39, 0.29) is 17.0 Å². The van der Waals surface area contributed by atoms with Crippen molar-refractivity contribution in [2.45, 2.75) is 187 Å². The third-order valence-electron chi connectivity index (χ3n) is 7.98. The molecule has 0 aromatic heterocycles. The minimum absolute atomic E-state index is 0. The molecule has 0 atom stereocenters. The highest BCUT2D eigenvalue weighted by atomic mass is 79.9. The number of quaternary nitrogens is 1. The largest absolute Gasteiger partial charge is 1.00 e. The third kappa shape index (κ3) is 32.4. The zero-order valence-corrected chi connectivity index (χ0v) is 26.9. The summed E-state index contributed by atoms with van der Waals surface area (Å²) in [5, 5.41) is 0. The Morgan fingerprint density at radius 3 is 0.657 bits per heavy atom. The number of hydrogen-bond acceptors (Lipinski definition) is 0. The van der Waals surface area contributed by atoms with E-state index < -0.39 is 0 Å². The Balaban J connectivity index is 0. The molecule has 0 aromatic carbocycles. The van der Waals surface area contributed by atoms with Gasteiger partial charge in [0.15, 0.2) is 0 Å². The number of hydrogen-bond donors (Lipinski definition) is 0. The highest BCUT2D eigenvalue weighted by Gasteiger charge is 2.13. The molecule has 0 rings (SSSR count). The summed E-state index contributed by atoms with van der Waals surface area (Å²) >= 11 is 0. The normalized spacial score (nSPS) is 11.7. The second-order valence-corrected chi connectivity index (χ2v) is 12.2. The predicted octanol–water partition coefficient (Wildman–Crippen LogP) is 8.64. The van der Waals surface area contributed by atoms with E-state index in [1.54, 1.807) is 0 Å². The van der Waals surface area contributed by atoms with Gasteiger partial charge >= 0.3 is 0 Å². The fraction of sp³-hybridized carbons (Fsp3) is 1.00. The zero-order valence-electron chi connectivity index (χ0n) is 25.3. The molecule has 0 aliphatic heterocycles. The first-order valence-corrected chi connectivity index (χ1v) is 16.4. The van der Waals surface area contributed by atoms with Crippen LogP contribution in [0.4, 0.5) is 0 Å². The molecule has 35 heavy (non-hydrogen) atoms. The van der Waals surface area contributed by atoms with Crippen LogP contribution in [0.2, 0.25) is 0 Å². The van der Waals surface area contributed by atoms with Gasteiger partial charge in [0.2, 0.25) is 0 Å². The lowest BCUT2D eigenvalue weighted by Gasteiger charge is -2.30. The van der Waals surface area contributed by atoms with Crippen LogP contribution in [0.3, 0.4) is 0 Å². The molecule has 0 heterocycles. The van der Waals surface area contributed by atoms with Gasteiger partial charge in [0.1, 0.15) is 0 Å². The maximum atomic E-state index is 2.46. The maximum Gasteiger partial charge on any atom is 0.0782 e. The fourth-order valence-electron chi connectivity index (χ4n) is 5.40. The van der Waals surface area contributed by atoms with Crippen LogP contribution < -0.4 is 17.0 Å². The second kappa shape index (κ2) is 30.7. The number of rotatable bonds is 29. The van der Waals surface area contributed by atoms with Crippen molar-refractivity contribution in [3.63, 3.8) is 0 Å². The third-order valence-corrected chi connectivity index (χ3v) is 7.98. The number of unbranched alkanes of at least 4 members (excludes halogenated alkanes) is 25. The smallest absolute Gasteiger partial charge is 0.0782 e. The molecule has 0 bridgehead atoms. The van der Waals surface area contributed by atoms with Gasteiger partial charge in [-0.1, -0.05) is 162 Å². The van der Waals surface area contributed by atoms with Gasteiger partial charge in [-0.3, -0.25) is 0 Å². The predicted molar refractivity (Wildman–Crippen MR) is 158 cm³/mol. The first-order valence-electron chi connectivity index (χ1n) is 16.4. The van der Waals surface area contributed by atoms with Crippen molar-refractivity contribution in [3.8, 4) is 0 Å². The van der Waals surface area contributed by atoms with Gasteiger partial charge in [-0.25, -0.2) is 0 Å².